The summed E-state index contributed by atoms with van der Waals surface area (Å²) in [5, 5.41) is 3.63. The second-order valence-electron chi connectivity index (χ2n) is 14.7. The van der Waals surface area contributed by atoms with Crippen molar-refractivity contribution in [3.8, 4) is 5.75 Å². The van der Waals surface area contributed by atoms with Crippen molar-refractivity contribution >= 4 is 39.1 Å². The number of benzene rings is 2. The number of nitrogens with zero attached hydrogens (tertiary/aromatic N) is 2. The van der Waals surface area contributed by atoms with Crippen LogP contribution in [0.1, 0.15) is 79.8 Å². The molecule has 9 nitrogen and oxygen atoms in total. The average molecular weight is 695 g/mol. The zero-order valence-electron chi connectivity index (χ0n) is 27.9. The summed E-state index contributed by atoms with van der Waals surface area (Å²) in [4.78, 5) is 29.2. The van der Waals surface area contributed by atoms with Crippen LogP contribution >= 0.6 is 11.6 Å². The van der Waals surface area contributed by atoms with Crippen molar-refractivity contribution in [1.82, 2.24) is 10.0 Å². The summed E-state index contributed by atoms with van der Waals surface area (Å²) in [7, 11) is -1.66. The van der Waals surface area contributed by atoms with E-state index in [4.69, 9.17) is 21.1 Å². The Bertz CT molecular complexity index is 1720. The predicted octanol–water partition coefficient (Wildman–Crippen LogP) is 6.83. The summed E-state index contributed by atoms with van der Waals surface area (Å²) in [6.45, 7) is 4.02. The SMILES string of the molecule is CO[C@H]1/C=C\C[C@H](C)CS(=O)(NC(=O)NC2CCC2)=NC(=O)c2ccc3c(c2)N(C[C@@H]2CC[C@H]21)C[C@@]1(CCCc2cc(Cl)ccc21)CO3. The minimum Gasteiger partial charge on any atom is -0.490 e. The van der Waals surface area contributed by atoms with E-state index in [1.165, 1.54) is 11.1 Å². The van der Waals surface area contributed by atoms with Crippen LogP contribution < -0.4 is 19.7 Å². The van der Waals surface area contributed by atoms with Crippen molar-refractivity contribution in [2.24, 2.45) is 22.1 Å². The van der Waals surface area contributed by atoms with Crippen LogP contribution in [-0.2, 0) is 26.5 Å². The Morgan fingerprint density at radius 3 is 2.75 bits per heavy atom. The van der Waals surface area contributed by atoms with Crippen molar-refractivity contribution in [2.45, 2.75) is 82.3 Å². The maximum absolute atomic E-state index is 14.3. The highest BCUT2D eigenvalue weighted by molar-refractivity contribution is 7.92. The second kappa shape index (κ2) is 13.7. The lowest BCUT2D eigenvalue weighted by Crippen LogP contribution is -2.49. The van der Waals surface area contributed by atoms with Gasteiger partial charge in [-0.25, -0.2) is 9.00 Å². The first-order chi connectivity index (χ1) is 23.1. The fraction of sp³-hybridized carbons (Fsp3) is 0.568. The molecule has 5 aliphatic rings. The number of aryl methyl sites for hydroxylation is 1. The minimum absolute atomic E-state index is 0.0357. The first-order valence-electron chi connectivity index (χ1n) is 17.5. The van der Waals surface area contributed by atoms with Gasteiger partial charge in [-0.1, -0.05) is 36.7 Å². The molecule has 11 heteroatoms. The molecule has 3 amide bonds. The van der Waals surface area contributed by atoms with E-state index in [9.17, 15) is 13.8 Å². The molecule has 2 aliphatic heterocycles. The molecule has 2 aromatic rings. The fourth-order valence-electron chi connectivity index (χ4n) is 8.28. The smallest absolute Gasteiger partial charge is 0.327 e. The van der Waals surface area contributed by atoms with E-state index in [1.54, 1.807) is 13.2 Å². The molecule has 0 saturated heterocycles. The number of amides is 3. The Balaban J connectivity index is 1.28. The van der Waals surface area contributed by atoms with Crippen LogP contribution in [0.4, 0.5) is 10.5 Å². The van der Waals surface area contributed by atoms with Gasteiger partial charge in [-0.2, -0.15) is 0 Å². The summed E-state index contributed by atoms with van der Waals surface area (Å²) in [6, 6.07) is 11.2. The van der Waals surface area contributed by atoms with E-state index in [0.29, 0.717) is 30.4 Å². The van der Waals surface area contributed by atoms with Crippen molar-refractivity contribution in [2.75, 3.05) is 37.5 Å². The molecular formula is C37H47ClN4O5S. The number of allylic oxidation sites excluding steroid dienone is 1. The number of nitrogens with one attached hydrogen (secondary N) is 2. The van der Waals surface area contributed by atoms with Crippen LogP contribution in [0.2, 0.25) is 5.02 Å². The van der Waals surface area contributed by atoms with Crippen LogP contribution in [0.3, 0.4) is 0 Å². The molecule has 258 valence electrons. The molecule has 2 aromatic carbocycles. The number of hydrogen-bond acceptors (Lipinski definition) is 6. The molecule has 1 unspecified atom stereocenters. The number of carbonyl (C=O) groups excluding carboxylic acids is 2. The number of hydrogen-bond donors (Lipinski definition) is 2. The van der Waals surface area contributed by atoms with Crippen molar-refractivity contribution in [3.63, 3.8) is 0 Å². The Kier molecular flexibility index (Phi) is 9.52. The van der Waals surface area contributed by atoms with Crippen LogP contribution in [0.25, 0.3) is 0 Å². The van der Waals surface area contributed by atoms with Gasteiger partial charge in [0.2, 0.25) is 0 Å². The molecule has 7 rings (SSSR count). The predicted molar refractivity (Wildman–Crippen MR) is 189 cm³/mol. The maximum atomic E-state index is 14.3. The molecule has 48 heavy (non-hydrogen) atoms. The number of ether oxygens (including phenoxy) is 2. The third kappa shape index (κ3) is 6.85. The van der Waals surface area contributed by atoms with Crippen LogP contribution in [0.15, 0.2) is 52.9 Å². The lowest BCUT2D eigenvalue weighted by Gasteiger charge is -2.46. The standard InChI is InChI=1S/C37H47ClN4O5S/c1-24-6-3-10-33(46-2)30-14-11-27(30)20-42-22-37(17-5-7-25-18-28(38)13-15-31(25)37)23-47-34-16-12-26(19-32(34)42)35(43)40-48(45,21-24)41-36(44)39-29-8-4-9-29/h3,10,12-13,15-16,18-19,24,27,29-30,33H,4-9,11,14,17,20-23H2,1-2H3,(H2,39,40,41,43,44,45)/b10-3-/t24-,27-,30+,33-,37-,48?/m0/s1. The lowest BCUT2D eigenvalue weighted by molar-refractivity contribution is 0.0131. The molecule has 0 aromatic heterocycles. The maximum Gasteiger partial charge on any atom is 0.327 e. The van der Waals surface area contributed by atoms with Crippen molar-refractivity contribution in [1.29, 1.82) is 0 Å². The van der Waals surface area contributed by atoms with Crippen LogP contribution in [-0.4, -0.2) is 60.9 Å². The third-order valence-corrected chi connectivity index (χ3v) is 13.4. The van der Waals surface area contributed by atoms with E-state index in [-0.39, 0.29) is 29.2 Å². The quantitative estimate of drug-likeness (QED) is 0.341. The van der Waals surface area contributed by atoms with Gasteiger partial charge >= 0.3 is 6.03 Å². The van der Waals surface area contributed by atoms with Gasteiger partial charge in [0.15, 0.2) is 0 Å². The topological polar surface area (TPSA) is 109 Å². The molecule has 0 radical (unpaired) electrons. The molecule has 6 atom stereocenters. The number of urea groups is 1. The molecule has 1 spiro atoms. The van der Waals surface area contributed by atoms with Crippen LogP contribution in [0, 0.1) is 17.8 Å². The number of halogens is 1. The average Bonchev–Trinajstić information content (AvgIpc) is 3.16. The van der Waals surface area contributed by atoms with E-state index < -0.39 is 21.9 Å². The summed E-state index contributed by atoms with van der Waals surface area (Å²) in [6.07, 6.45) is 12.9. The Morgan fingerprint density at radius 1 is 1.15 bits per heavy atom. The van der Waals surface area contributed by atoms with Gasteiger partial charge in [0.1, 0.15) is 15.7 Å². The molecule has 2 bridgehead atoms. The monoisotopic (exact) mass is 694 g/mol. The van der Waals surface area contributed by atoms with Crippen molar-refractivity contribution in [3.05, 3.63) is 70.3 Å². The molecular weight excluding hydrogens is 648 g/mol. The molecule has 2 N–H and O–H groups in total. The third-order valence-electron chi connectivity index (χ3n) is 11.2. The van der Waals surface area contributed by atoms with Gasteiger partial charge in [-0.3, -0.25) is 9.52 Å². The summed E-state index contributed by atoms with van der Waals surface area (Å²) < 4.78 is 33.9. The minimum atomic E-state index is -3.43. The molecule has 2 heterocycles. The van der Waals surface area contributed by atoms with E-state index in [0.717, 1.165) is 80.9 Å². The summed E-state index contributed by atoms with van der Waals surface area (Å²) in [5.74, 6) is 0.823. The highest BCUT2D eigenvalue weighted by Gasteiger charge is 2.44. The Labute approximate surface area is 289 Å². The largest absolute Gasteiger partial charge is 0.490 e. The van der Waals surface area contributed by atoms with Gasteiger partial charge in [0, 0.05) is 42.2 Å². The highest BCUT2D eigenvalue weighted by atomic mass is 35.5. The van der Waals surface area contributed by atoms with E-state index in [1.807, 2.05) is 25.1 Å². The van der Waals surface area contributed by atoms with Gasteiger partial charge in [0.05, 0.1) is 24.2 Å². The number of rotatable bonds is 3. The zero-order valence-corrected chi connectivity index (χ0v) is 29.5. The highest BCUT2D eigenvalue weighted by Crippen LogP contribution is 2.47. The first-order valence-corrected chi connectivity index (χ1v) is 19.6. The molecule has 2 fully saturated rings. The van der Waals surface area contributed by atoms with Gasteiger partial charge < -0.3 is 19.7 Å². The number of anilines is 1. The Hall–Kier alpha value is -3.08. The van der Waals surface area contributed by atoms with Crippen LogP contribution in [0.5, 0.6) is 5.75 Å². The normalized spacial score (nSPS) is 32.6. The molecule has 3 aliphatic carbocycles. The van der Waals surface area contributed by atoms with Gasteiger partial charge in [-0.15, -0.1) is 4.36 Å². The first kappa shape index (κ1) is 33.4. The zero-order chi connectivity index (χ0) is 33.5. The van der Waals surface area contributed by atoms with Crippen molar-refractivity contribution < 1.29 is 23.3 Å². The van der Waals surface area contributed by atoms with E-state index >= 15 is 0 Å². The summed E-state index contributed by atoms with van der Waals surface area (Å²) >= 11 is 6.45. The second-order valence-corrected chi connectivity index (χ2v) is 17.1. The Morgan fingerprint density at radius 2 is 2.00 bits per heavy atom. The van der Waals surface area contributed by atoms with E-state index in [2.05, 4.69) is 43.6 Å². The number of methoxy groups -OCH3 is 1. The fourth-order valence-corrected chi connectivity index (χ4v) is 10.3. The van der Waals surface area contributed by atoms with Gasteiger partial charge in [-0.05, 0) is 117 Å². The summed E-state index contributed by atoms with van der Waals surface area (Å²) in [5.41, 5.74) is 3.48. The van der Waals surface area contributed by atoms with Gasteiger partial charge in [0.25, 0.3) is 5.91 Å². The number of fused-ring (bicyclic) bond motifs is 4. The molecule has 2 saturated carbocycles. The number of carbonyl (C=O) groups is 2. The lowest BCUT2D eigenvalue weighted by atomic mass is 9.68.